The number of primary amides is 1. The van der Waals surface area contributed by atoms with Crippen LogP contribution in [0.5, 0.6) is 0 Å². The summed E-state index contributed by atoms with van der Waals surface area (Å²) in [6.45, 7) is 0.671. The van der Waals surface area contributed by atoms with Gasteiger partial charge in [0.05, 0.1) is 23.5 Å². The van der Waals surface area contributed by atoms with Crippen molar-refractivity contribution < 1.29 is 9.53 Å². The van der Waals surface area contributed by atoms with Crippen molar-refractivity contribution in [2.75, 3.05) is 6.54 Å². The summed E-state index contributed by atoms with van der Waals surface area (Å²) < 4.78 is 4.93. The predicted molar refractivity (Wildman–Crippen MR) is 41.1 cm³/mol. The van der Waals surface area contributed by atoms with Gasteiger partial charge in [0, 0.05) is 6.54 Å². The second-order valence-corrected chi connectivity index (χ2v) is 2.71. The molecule has 1 amide bonds. The molecule has 64 valence electrons. The van der Waals surface area contributed by atoms with Crippen LogP contribution >= 0.6 is 0 Å². The van der Waals surface area contributed by atoms with Crippen LogP contribution in [0.4, 0.5) is 0 Å². The minimum Gasteiger partial charge on any atom is -0.470 e. The molecule has 2 aliphatic rings. The Morgan fingerprint density at radius 2 is 2.50 bits per heavy atom. The standard InChI is InChI=1S/C7H9N3O2/c8-7(11)5-2-12-3-6-4(5)1-9-10-6/h2-4,9-10H,1H2,(H2,8,11). The van der Waals surface area contributed by atoms with Gasteiger partial charge in [-0.05, 0) is 0 Å². The van der Waals surface area contributed by atoms with E-state index >= 15 is 0 Å². The Kier molecular flexibility index (Phi) is 1.51. The third-order valence-corrected chi connectivity index (χ3v) is 1.96. The topological polar surface area (TPSA) is 76.4 Å². The number of fused-ring (bicyclic) bond motifs is 1. The minimum absolute atomic E-state index is 0.0243. The molecule has 0 aromatic rings. The number of ether oxygens (including phenoxy) is 1. The third-order valence-electron chi connectivity index (χ3n) is 1.96. The lowest BCUT2D eigenvalue weighted by molar-refractivity contribution is -0.115. The van der Waals surface area contributed by atoms with Crippen LogP contribution in [0.15, 0.2) is 23.8 Å². The van der Waals surface area contributed by atoms with Crippen molar-refractivity contribution in [3.05, 3.63) is 23.8 Å². The molecule has 0 aromatic carbocycles. The van der Waals surface area contributed by atoms with Crippen molar-refractivity contribution in [1.82, 2.24) is 10.9 Å². The number of hydrogen-bond donors (Lipinski definition) is 3. The second-order valence-electron chi connectivity index (χ2n) is 2.71. The fourth-order valence-electron chi connectivity index (χ4n) is 1.33. The van der Waals surface area contributed by atoms with E-state index in [1.54, 1.807) is 6.26 Å². The van der Waals surface area contributed by atoms with E-state index in [4.69, 9.17) is 10.5 Å². The zero-order valence-electron chi connectivity index (χ0n) is 6.33. The molecule has 2 heterocycles. The van der Waals surface area contributed by atoms with E-state index in [0.29, 0.717) is 12.1 Å². The predicted octanol–water partition coefficient (Wildman–Crippen LogP) is -1.05. The summed E-state index contributed by atoms with van der Waals surface area (Å²) in [5, 5.41) is 0. The van der Waals surface area contributed by atoms with Crippen LogP contribution in [0.25, 0.3) is 0 Å². The Morgan fingerprint density at radius 1 is 1.67 bits per heavy atom. The summed E-state index contributed by atoms with van der Waals surface area (Å²) in [5.41, 5.74) is 12.3. The molecule has 12 heavy (non-hydrogen) atoms. The maximum Gasteiger partial charge on any atom is 0.248 e. The van der Waals surface area contributed by atoms with Gasteiger partial charge in [-0.15, -0.1) is 0 Å². The van der Waals surface area contributed by atoms with Crippen molar-refractivity contribution in [1.29, 1.82) is 0 Å². The lowest BCUT2D eigenvalue weighted by Gasteiger charge is -2.15. The number of nitrogens with one attached hydrogen (secondary N) is 2. The number of carbonyl (C=O) groups excluding carboxylic acids is 1. The molecule has 1 atom stereocenters. The number of rotatable bonds is 1. The summed E-state index contributed by atoms with van der Waals surface area (Å²) in [5.74, 6) is -0.410. The van der Waals surface area contributed by atoms with Crippen molar-refractivity contribution in [3.63, 3.8) is 0 Å². The van der Waals surface area contributed by atoms with Gasteiger partial charge in [0.1, 0.15) is 6.26 Å². The quantitative estimate of drug-likeness (QED) is 0.466. The monoisotopic (exact) mass is 167 g/mol. The van der Waals surface area contributed by atoms with Gasteiger partial charge in [-0.1, -0.05) is 0 Å². The minimum atomic E-state index is -0.434. The molecule has 0 radical (unpaired) electrons. The Balaban J connectivity index is 2.26. The van der Waals surface area contributed by atoms with E-state index in [-0.39, 0.29) is 5.92 Å². The summed E-state index contributed by atoms with van der Waals surface area (Å²) in [4.78, 5) is 10.9. The van der Waals surface area contributed by atoms with Gasteiger partial charge < -0.3 is 15.9 Å². The average Bonchev–Trinajstić information content (AvgIpc) is 2.49. The van der Waals surface area contributed by atoms with Crippen LogP contribution in [0.3, 0.4) is 0 Å². The number of carbonyl (C=O) groups is 1. The van der Waals surface area contributed by atoms with Crippen molar-refractivity contribution in [3.8, 4) is 0 Å². The first-order valence-corrected chi connectivity index (χ1v) is 3.63. The molecule has 1 unspecified atom stereocenters. The van der Waals surface area contributed by atoms with Crippen molar-refractivity contribution in [2.45, 2.75) is 0 Å². The van der Waals surface area contributed by atoms with E-state index in [1.807, 2.05) is 0 Å². The first-order valence-electron chi connectivity index (χ1n) is 3.63. The maximum absolute atomic E-state index is 10.9. The molecule has 1 saturated heterocycles. The maximum atomic E-state index is 10.9. The van der Waals surface area contributed by atoms with Crippen LogP contribution in [0.1, 0.15) is 0 Å². The zero-order chi connectivity index (χ0) is 8.55. The molecule has 0 saturated carbocycles. The van der Waals surface area contributed by atoms with Crippen molar-refractivity contribution in [2.24, 2.45) is 11.7 Å². The molecule has 0 aromatic heterocycles. The molecule has 0 spiro atoms. The molecular weight excluding hydrogens is 158 g/mol. The highest BCUT2D eigenvalue weighted by molar-refractivity contribution is 5.93. The summed E-state index contributed by atoms with van der Waals surface area (Å²) >= 11 is 0. The van der Waals surface area contributed by atoms with E-state index < -0.39 is 5.91 Å². The third kappa shape index (κ3) is 0.947. The molecule has 1 fully saturated rings. The lowest BCUT2D eigenvalue weighted by Crippen LogP contribution is -2.24. The van der Waals surface area contributed by atoms with Gasteiger partial charge in [0.2, 0.25) is 5.91 Å². The van der Waals surface area contributed by atoms with Gasteiger partial charge in [-0.2, -0.15) is 0 Å². The fraction of sp³-hybridized carbons (Fsp3) is 0.286. The molecular formula is C7H9N3O2. The number of hydrazine groups is 1. The summed E-state index contributed by atoms with van der Waals surface area (Å²) in [7, 11) is 0. The highest BCUT2D eigenvalue weighted by Gasteiger charge is 2.30. The van der Waals surface area contributed by atoms with Crippen LogP contribution in [-0.2, 0) is 9.53 Å². The van der Waals surface area contributed by atoms with Gasteiger partial charge >= 0.3 is 0 Å². The first kappa shape index (κ1) is 7.17. The molecule has 5 heteroatoms. The van der Waals surface area contributed by atoms with Crippen molar-refractivity contribution >= 4 is 5.91 Å². The zero-order valence-corrected chi connectivity index (χ0v) is 6.33. The van der Waals surface area contributed by atoms with Crippen LogP contribution < -0.4 is 16.6 Å². The van der Waals surface area contributed by atoms with E-state index in [1.165, 1.54) is 6.26 Å². The van der Waals surface area contributed by atoms with Crippen LogP contribution in [0.2, 0.25) is 0 Å². The van der Waals surface area contributed by atoms with Gasteiger partial charge in [0.25, 0.3) is 0 Å². The Morgan fingerprint density at radius 3 is 3.25 bits per heavy atom. The smallest absolute Gasteiger partial charge is 0.248 e. The van der Waals surface area contributed by atoms with E-state index in [9.17, 15) is 4.79 Å². The van der Waals surface area contributed by atoms with E-state index in [2.05, 4.69) is 10.9 Å². The van der Waals surface area contributed by atoms with Crippen LogP contribution in [-0.4, -0.2) is 12.5 Å². The number of hydrogen-bond acceptors (Lipinski definition) is 4. The fourth-order valence-corrected chi connectivity index (χ4v) is 1.33. The molecule has 0 bridgehead atoms. The van der Waals surface area contributed by atoms with E-state index in [0.717, 1.165) is 5.70 Å². The lowest BCUT2D eigenvalue weighted by atomic mass is 9.97. The normalized spacial score (nSPS) is 26.2. The average molecular weight is 167 g/mol. The van der Waals surface area contributed by atoms with Gasteiger partial charge in [0.15, 0.2) is 0 Å². The largest absolute Gasteiger partial charge is 0.470 e. The Hall–Kier alpha value is -1.49. The molecule has 2 aliphatic heterocycles. The molecule has 4 N–H and O–H groups in total. The number of nitrogens with two attached hydrogens (primary N) is 1. The number of amides is 1. The molecule has 5 nitrogen and oxygen atoms in total. The summed E-state index contributed by atoms with van der Waals surface area (Å²) in [6.07, 6.45) is 2.96. The Labute approximate surface area is 69.2 Å². The second kappa shape index (κ2) is 2.53. The first-order chi connectivity index (χ1) is 5.79. The van der Waals surface area contributed by atoms with Crippen LogP contribution in [0, 0.1) is 5.92 Å². The van der Waals surface area contributed by atoms with Gasteiger partial charge in [-0.3, -0.25) is 4.79 Å². The highest BCUT2D eigenvalue weighted by Crippen LogP contribution is 2.24. The molecule has 2 rings (SSSR count). The molecule has 0 aliphatic carbocycles. The Bertz CT molecular complexity index is 282. The highest BCUT2D eigenvalue weighted by atomic mass is 16.5. The van der Waals surface area contributed by atoms with Gasteiger partial charge in [-0.25, -0.2) is 5.43 Å². The SMILES string of the molecule is NC(=O)C1=COC=C2NNCC21. The summed E-state index contributed by atoms with van der Waals surface area (Å²) in [6, 6.07) is 0.